The summed E-state index contributed by atoms with van der Waals surface area (Å²) in [4.78, 5) is 24.2. The van der Waals surface area contributed by atoms with Crippen LogP contribution in [-0.2, 0) is 9.53 Å². The van der Waals surface area contributed by atoms with E-state index < -0.39 is 12.1 Å². The summed E-state index contributed by atoms with van der Waals surface area (Å²) in [5, 5.41) is 2.79. The number of aryl methyl sites for hydroxylation is 3. The maximum atomic E-state index is 12.2. The van der Waals surface area contributed by atoms with Gasteiger partial charge in [0.05, 0.1) is 5.56 Å². The van der Waals surface area contributed by atoms with Gasteiger partial charge in [-0.1, -0.05) is 35.4 Å². The van der Waals surface area contributed by atoms with Crippen molar-refractivity contribution in [3.8, 4) is 0 Å². The number of amides is 1. The standard InChI is InChI=1S/C19H21NO3/c1-12-5-8-16(9-6-12)19(22)23-15(4)18(21)20-17-10-7-13(2)11-14(17)3/h5-11,15H,1-4H3,(H,20,21)/t15-/m0/s1. The second kappa shape index (κ2) is 7.09. The first-order valence-corrected chi connectivity index (χ1v) is 7.52. The Bertz CT molecular complexity index is 720. The Morgan fingerprint density at radius 1 is 0.957 bits per heavy atom. The van der Waals surface area contributed by atoms with E-state index in [1.54, 1.807) is 19.1 Å². The average molecular weight is 311 g/mol. The molecule has 0 aliphatic rings. The normalized spacial score (nSPS) is 11.7. The Balaban J connectivity index is 1.99. The highest BCUT2D eigenvalue weighted by Crippen LogP contribution is 2.16. The van der Waals surface area contributed by atoms with Crippen molar-refractivity contribution >= 4 is 17.6 Å². The van der Waals surface area contributed by atoms with E-state index in [-0.39, 0.29) is 5.91 Å². The van der Waals surface area contributed by atoms with E-state index in [2.05, 4.69) is 5.32 Å². The summed E-state index contributed by atoms with van der Waals surface area (Å²) in [6.07, 6.45) is -0.871. The summed E-state index contributed by atoms with van der Waals surface area (Å²) in [6.45, 7) is 7.41. The lowest BCUT2D eigenvalue weighted by atomic mass is 10.1. The molecule has 1 N–H and O–H groups in total. The van der Waals surface area contributed by atoms with E-state index in [4.69, 9.17) is 4.74 Å². The molecule has 0 bridgehead atoms. The van der Waals surface area contributed by atoms with Gasteiger partial charge in [-0.05, 0) is 51.5 Å². The van der Waals surface area contributed by atoms with E-state index in [9.17, 15) is 9.59 Å². The van der Waals surface area contributed by atoms with Crippen molar-refractivity contribution in [3.63, 3.8) is 0 Å². The molecule has 0 saturated carbocycles. The van der Waals surface area contributed by atoms with Gasteiger partial charge in [0.15, 0.2) is 6.10 Å². The molecule has 1 atom stereocenters. The summed E-state index contributed by atoms with van der Waals surface area (Å²) in [5.74, 6) is -0.856. The molecule has 1 amide bonds. The molecule has 0 unspecified atom stereocenters. The molecule has 0 fully saturated rings. The molecule has 0 radical (unpaired) electrons. The molecule has 0 aliphatic carbocycles. The molecular weight excluding hydrogens is 290 g/mol. The lowest BCUT2D eigenvalue weighted by molar-refractivity contribution is -0.123. The minimum absolute atomic E-state index is 0.350. The molecule has 120 valence electrons. The Labute approximate surface area is 136 Å². The summed E-state index contributed by atoms with van der Waals surface area (Å²) >= 11 is 0. The highest BCUT2D eigenvalue weighted by Gasteiger charge is 2.19. The molecular formula is C19H21NO3. The zero-order valence-corrected chi connectivity index (χ0v) is 13.8. The zero-order valence-electron chi connectivity index (χ0n) is 13.8. The van der Waals surface area contributed by atoms with Crippen LogP contribution in [0.4, 0.5) is 5.69 Å². The van der Waals surface area contributed by atoms with E-state index in [0.717, 1.165) is 22.4 Å². The van der Waals surface area contributed by atoms with E-state index in [1.807, 2.05) is 51.1 Å². The Morgan fingerprint density at radius 2 is 1.57 bits per heavy atom. The number of anilines is 1. The first kappa shape index (κ1) is 16.7. The number of carbonyl (C=O) groups is 2. The number of hydrogen-bond acceptors (Lipinski definition) is 3. The van der Waals surface area contributed by atoms with Crippen molar-refractivity contribution in [2.45, 2.75) is 33.8 Å². The van der Waals surface area contributed by atoms with E-state index >= 15 is 0 Å². The van der Waals surface area contributed by atoms with Crippen LogP contribution in [0.15, 0.2) is 42.5 Å². The average Bonchev–Trinajstić information content (AvgIpc) is 2.50. The number of hydrogen-bond donors (Lipinski definition) is 1. The maximum Gasteiger partial charge on any atom is 0.338 e. The van der Waals surface area contributed by atoms with Crippen LogP contribution in [0.1, 0.15) is 34.0 Å². The van der Waals surface area contributed by atoms with Gasteiger partial charge in [0.1, 0.15) is 0 Å². The molecule has 4 nitrogen and oxygen atoms in total. The number of esters is 1. The predicted molar refractivity (Wildman–Crippen MR) is 90.6 cm³/mol. The minimum Gasteiger partial charge on any atom is -0.449 e. The van der Waals surface area contributed by atoms with Gasteiger partial charge in [-0.2, -0.15) is 0 Å². The fourth-order valence-electron chi connectivity index (χ4n) is 2.16. The first-order chi connectivity index (χ1) is 10.9. The molecule has 2 aromatic rings. The van der Waals surface area contributed by atoms with Crippen LogP contribution in [0, 0.1) is 20.8 Å². The van der Waals surface area contributed by atoms with Crippen LogP contribution < -0.4 is 5.32 Å². The predicted octanol–water partition coefficient (Wildman–Crippen LogP) is 3.80. The summed E-state index contributed by atoms with van der Waals surface area (Å²) < 4.78 is 5.22. The Hall–Kier alpha value is -2.62. The summed E-state index contributed by atoms with van der Waals surface area (Å²) in [7, 11) is 0. The lowest BCUT2D eigenvalue weighted by Crippen LogP contribution is -2.30. The third-order valence-corrected chi connectivity index (χ3v) is 3.58. The topological polar surface area (TPSA) is 55.4 Å². The van der Waals surface area contributed by atoms with Gasteiger partial charge < -0.3 is 10.1 Å². The van der Waals surface area contributed by atoms with Gasteiger partial charge in [0.25, 0.3) is 5.91 Å². The molecule has 0 aliphatic heterocycles. The van der Waals surface area contributed by atoms with E-state index in [1.165, 1.54) is 0 Å². The fraction of sp³-hybridized carbons (Fsp3) is 0.263. The van der Waals surface area contributed by atoms with Gasteiger partial charge in [-0.3, -0.25) is 4.79 Å². The highest BCUT2D eigenvalue weighted by atomic mass is 16.5. The van der Waals surface area contributed by atoms with Crippen LogP contribution in [0.5, 0.6) is 0 Å². The van der Waals surface area contributed by atoms with Crippen molar-refractivity contribution in [1.82, 2.24) is 0 Å². The van der Waals surface area contributed by atoms with Crippen LogP contribution >= 0.6 is 0 Å². The van der Waals surface area contributed by atoms with Crippen molar-refractivity contribution in [2.24, 2.45) is 0 Å². The number of rotatable bonds is 4. The van der Waals surface area contributed by atoms with Gasteiger partial charge >= 0.3 is 5.97 Å². The van der Waals surface area contributed by atoms with Crippen molar-refractivity contribution in [1.29, 1.82) is 0 Å². The number of carbonyl (C=O) groups excluding carboxylic acids is 2. The second-order valence-electron chi connectivity index (χ2n) is 5.72. The zero-order chi connectivity index (χ0) is 17.0. The monoisotopic (exact) mass is 311 g/mol. The van der Waals surface area contributed by atoms with Crippen LogP contribution in [-0.4, -0.2) is 18.0 Å². The Kier molecular flexibility index (Phi) is 5.16. The fourth-order valence-corrected chi connectivity index (χ4v) is 2.16. The molecule has 0 saturated heterocycles. The van der Waals surface area contributed by atoms with Crippen molar-refractivity contribution < 1.29 is 14.3 Å². The van der Waals surface area contributed by atoms with Gasteiger partial charge in [0, 0.05) is 5.69 Å². The highest BCUT2D eigenvalue weighted by molar-refractivity contribution is 5.97. The molecule has 23 heavy (non-hydrogen) atoms. The molecule has 4 heteroatoms. The van der Waals surface area contributed by atoms with Crippen LogP contribution in [0.2, 0.25) is 0 Å². The van der Waals surface area contributed by atoms with Crippen LogP contribution in [0.3, 0.4) is 0 Å². The Morgan fingerprint density at radius 3 is 2.17 bits per heavy atom. The third-order valence-electron chi connectivity index (χ3n) is 3.58. The van der Waals surface area contributed by atoms with Crippen LogP contribution in [0.25, 0.3) is 0 Å². The minimum atomic E-state index is -0.871. The molecule has 0 aromatic heterocycles. The van der Waals surface area contributed by atoms with E-state index in [0.29, 0.717) is 5.56 Å². The first-order valence-electron chi connectivity index (χ1n) is 7.52. The molecule has 0 heterocycles. The number of benzene rings is 2. The third kappa shape index (κ3) is 4.42. The van der Waals surface area contributed by atoms with Gasteiger partial charge in [0.2, 0.25) is 0 Å². The van der Waals surface area contributed by atoms with Gasteiger partial charge in [-0.15, -0.1) is 0 Å². The quantitative estimate of drug-likeness (QED) is 0.874. The number of ether oxygens (including phenoxy) is 1. The maximum absolute atomic E-state index is 12.2. The van der Waals surface area contributed by atoms with Crippen molar-refractivity contribution in [3.05, 3.63) is 64.7 Å². The van der Waals surface area contributed by atoms with Crippen molar-refractivity contribution in [2.75, 3.05) is 5.32 Å². The molecule has 0 spiro atoms. The lowest BCUT2D eigenvalue weighted by Gasteiger charge is -2.15. The molecule has 2 rings (SSSR count). The largest absolute Gasteiger partial charge is 0.449 e. The smallest absolute Gasteiger partial charge is 0.338 e. The second-order valence-corrected chi connectivity index (χ2v) is 5.72. The summed E-state index contributed by atoms with van der Waals surface area (Å²) in [6, 6.07) is 12.8. The number of nitrogens with one attached hydrogen (secondary N) is 1. The summed E-state index contributed by atoms with van der Waals surface area (Å²) in [5.41, 5.74) is 4.30. The van der Waals surface area contributed by atoms with Gasteiger partial charge in [-0.25, -0.2) is 4.79 Å². The molecule has 2 aromatic carbocycles. The SMILES string of the molecule is Cc1ccc(C(=O)O[C@@H](C)C(=O)Nc2ccc(C)cc2C)cc1.